The normalized spacial score (nSPS) is 10.4. The Morgan fingerprint density at radius 3 is 2.53 bits per heavy atom. The molecule has 0 saturated carbocycles. The molecule has 3 aromatic rings. The van der Waals surface area contributed by atoms with E-state index >= 15 is 0 Å². The van der Waals surface area contributed by atoms with Crippen molar-refractivity contribution in [2.24, 2.45) is 0 Å². The number of aromatic amines is 1. The van der Waals surface area contributed by atoms with Gasteiger partial charge < -0.3 is 5.32 Å². The second-order valence-electron chi connectivity index (χ2n) is 4.11. The van der Waals surface area contributed by atoms with Crippen LogP contribution in [-0.2, 0) is 0 Å². The van der Waals surface area contributed by atoms with E-state index in [1.807, 2.05) is 37.4 Å². The summed E-state index contributed by atoms with van der Waals surface area (Å²) in [6.07, 6.45) is 0. The molecule has 0 aliphatic heterocycles. The van der Waals surface area contributed by atoms with Crippen LogP contribution in [-0.4, -0.2) is 27.7 Å². The van der Waals surface area contributed by atoms with Gasteiger partial charge in [-0.05, 0) is 28.5 Å². The highest BCUT2D eigenvalue weighted by atomic mass is 15.5. The lowest BCUT2D eigenvalue weighted by molar-refractivity contribution is 0.881. The zero-order valence-electron chi connectivity index (χ0n) is 10.5. The monoisotopic (exact) mass is 251 g/mol. The summed E-state index contributed by atoms with van der Waals surface area (Å²) < 4.78 is 0. The predicted octanol–water partition coefficient (Wildman–Crippen LogP) is 2.58. The number of benzene rings is 2. The van der Waals surface area contributed by atoms with Crippen molar-refractivity contribution in [1.82, 2.24) is 20.6 Å². The van der Waals surface area contributed by atoms with Crippen molar-refractivity contribution in [2.75, 3.05) is 12.4 Å². The summed E-state index contributed by atoms with van der Waals surface area (Å²) in [5.74, 6) is 0.593. The third-order valence-corrected chi connectivity index (χ3v) is 2.98. The van der Waals surface area contributed by atoms with Crippen LogP contribution in [0.15, 0.2) is 48.5 Å². The van der Waals surface area contributed by atoms with E-state index in [4.69, 9.17) is 0 Å². The smallest absolute Gasteiger partial charge is 0.205 e. The van der Waals surface area contributed by atoms with Gasteiger partial charge in [0.05, 0.1) is 0 Å². The molecule has 2 aromatic carbocycles. The molecule has 19 heavy (non-hydrogen) atoms. The summed E-state index contributed by atoms with van der Waals surface area (Å²) in [5.41, 5.74) is 4.18. The number of hydrogen-bond acceptors (Lipinski definition) is 4. The first-order valence-corrected chi connectivity index (χ1v) is 5.99. The number of nitrogens with zero attached hydrogens (tertiary/aromatic N) is 3. The van der Waals surface area contributed by atoms with Crippen LogP contribution in [0.4, 0.5) is 5.69 Å². The average Bonchev–Trinajstić information content (AvgIpc) is 3.01. The third-order valence-electron chi connectivity index (χ3n) is 2.98. The number of aromatic nitrogens is 4. The van der Waals surface area contributed by atoms with Gasteiger partial charge in [-0.25, -0.2) is 0 Å². The lowest BCUT2D eigenvalue weighted by atomic mass is 9.98. The van der Waals surface area contributed by atoms with Crippen LogP contribution >= 0.6 is 0 Å². The number of hydrogen-bond donors (Lipinski definition) is 2. The Bertz CT molecular complexity index is 662. The highest BCUT2D eigenvalue weighted by Gasteiger charge is 2.11. The first-order chi connectivity index (χ1) is 9.38. The van der Waals surface area contributed by atoms with Gasteiger partial charge in [0.25, 0.3) is 0 Å². The van der Waals surface area contributed by atoms with Crippen LogP contribution in [0.3, 0.4) is 0 Å². The van der Waals surface area contributed by atoms with Crippen molar-refractivity contribution < 1.29 is 0 Å². The van der Waals surface area contributed by atoms with E-state index in [9.17, 15) is 0 Å². The van der Waals surface area contributed by atoms with Crippen LogP contribution in [0.2, 0.25) is 0 Å². The first kappa shape index (κ1) is 11.4. The number of tetrazole rings is 1. The molecule has 5 nitrogen and oxygen atoms in total. The maximum absolute atomic E-state index is 4.07. The highest BCUT2D eigenvalue weighted by molar-refractivity contribution is 5.82. The molecule has 0 fully saturated rings. The predicted molar refractivity (Wildman–Crippen MR) is 74.6 cm³/mol. The molecule has 0 atom stereocenters. The minimum absolute atomic E-state index is 0.593. The van der Waals surface area contributed by atoms with E-state index in [1.165, 1.54) is 0 Å². The van der Waals surface area contributed by atoms with Crippen LogP contribution in [0.25, 0.3) is 22.5 Å². The van der Waals surface area contributed by atoms with Gasteiger partial charge in [-0.2, -0.15) is 5.21 Å². The molecular weight excluding hydrogens is 238 g/mol. The maximum atomic E-state index is 4.07. The molecule has 0 saturated heterocycles. The topological polar surface area (TPSA) is 66.5 Å². The van der Waals surface area contributed by atoms with Gasteiger partial charge in [0.2, 0.25) is 5.82 Å². The molecule has 1 heterocycles. The summed E-state index contributed by atoms with van der Waals surface area (Å²) in [6.45, 7) is 0. The second-order valence-corrected chi connectivity index (χ2v) is 4.11. The molecule has 0 unspecified atom stereocenters. The summed E-state index contributed by atoms with van der Waals surface area (Å²) in [7, 11) is 1.89. The molecule has 0 spiro atoms. The fraction of sp³-hybridized carbons (Fsp3) is 0.0714. The molecule has 1 aromatic heterocycles. The summed E-state index contributed by atoms with van der Waals surface area (Å²) >= 11 is 0. The Balaban J connectivity index is 2.19. The molecule has 0 amide bonds. The molecule has 0 aliphatic rings. The zero-order valence-corrected chi connectivity index (χ0v) is 10.5. The molecule has 0 aliphatic carbocycles. The van der Waals surface area contributed by atoms with Gasteiger partial charge in [-0.3, -0.25) is 0 Å². The van der Waals surface area contributed by atoms with Gasteiger partial charge in [-0.1, -0.05) is 36.4 Å². The lowest BCUT2D eigenvalue weighted by Gasteiger charge is -2.09. The van der Waals surface area contributed by atoms with Gasteiger partial charge in [0, 0.05) is 18.3 Å². The van der Waals surface area contributed by atoms with Crippen molar-refractivity contribution >= 4 is 5.69 Å². The third kappa shape index (κ3) is 2.18. The summed E-state index contributed by atoms with van der Waals surface area (Å²) in [5, 5.41) is 17.4. The Kier molecular flexibility index (Phi) is 2.94. The van der Waals surface area contributed by atoms with E-state index in [1.54, 1.807) is 0 Å². The molecule has 0 bridgehead atoms. The average molecular weight is 251 g/mol. The quantitative estimate of drug-likeness (QED) is 0.750. The van der Waals surface area contributed by atoms with E-state index < -0.39 is 0 Å². The van der Waals surface area contributed by atoms with E-state index in [0.29, 0.717) is 5.82 Å². The summed E-state index contributed by atoms with van der Waals surface area (Å²) in [4.78, 5) is 0. The Morgan fingerprint density at radius 1 is 1.00 bits per heavy atom. The van der Waals surface area contributed by atoms with Crippen molar-refractivity contribution in [3.8, 4) is 22.5 Å². The van der Waals surface area contributed by atoms with Gasteiger partial charge in [-0.15, -0.1) is 10.2 Å². The lowest BCUT2D eigenvalue weighted by Crippen LogP contribution is -1.92. The van der Waals surface area contributed by atoms with Crippen LogP contribution in [0, 0.1) is 0 Å². The Hall–Kier alpha value is -2.69. The SMILES string of the molecule is CNc1ccc(-c2ccccc2)c(-c2nn[nH]n2)c1. The largest absolute Gasteiger partial charge is 0.388 e. The number of rotatable bonds is 3. The fourth-order valence-corrected chi connectivity index (χ4v) is 2.03. The van der Waals surface area contributed by atoms with Gasteiger partial charge in [0.1, 0.15) is 0 Å². The maximum Gasteiger partial charge on any atom is 0.205 e. The zero-order chi connectivity index (χ0) is 13.1. The number of nitrogens with one attached hydrogen (secondary N) is 2. The molecular formula is C14H13N5. The van der Waals surface area contributed by atoms with Crippen LogP contribution in [0.1, 0.15) is 0 Å². The fourth-order valence-electron chi connectivity index (χ4n) is 2.03. The van der Waals surface area contributed by atoms with Gasteiger partial charge in [0.15, 0.2) is 0 Å². The van der Waals surface area contributed by atoms with E-state index in [0.717, 1.165) is 22.4 Å². The molecule has 2 N–H and O–H groups in total. The van der Waals surface area contributed by atoms with Crippen molar-refractivity contribution in [1.29, 1.82) is 0 Å². The first-order valence-electron chi connectivity index (χ1n) is 5.99. The molecule has 0 radical (unpaired) electrons. The van der Waals surface area contributed by atoms with E-state index in [2.05, 4.69) is 44.1 Å². The van der Waals surface area contributed by atoms with Crippen molar-refractivity contribution in [3.05, 3.63) is 48.5 Å². The van der Waals surface area contributed by atoms with Gasteiger partial charge >= 0.3 is 0 Å². The van der Waals surface area contributed by atoms with Crippen LogP contribution in [0.5, 0.6) is 0 Å². The van der Waals surface area contributed by atoms with E-state index in [-0.39, 0.29) is 0 Å². The minimum Gasteiger partial charge on any atom is -0.388 e. The minimum atomic E-state index is 0.593. The number of anilines is 1. The van der Waals surface area contributed by atoms with Crippen LogP contribution < -0.4 is 5.32 Å². The molecule has 5 heteroatoms. The second kappa shape index (κ2) is 4.89. The van der Waals surface area contributed by atoms with Crippen molar-refractivity contribution in [3.63, 3.8) is 0 Å². The molecule has 3 rings (SSSR count). The summed E-state index contributed by atoms with van der Waals surface area (Å²) in [6, 6.07) is 16.3. The standard InChI is InChI=1S/C14H13N5/c1-15-11-7-8-12(10-5-3-2-4-6-10)13(9-11)14-16-18-19-17-14/h2-9,15H,1H3,(H,16,17,18,19). The molecule has 94 valence electrons. The Labute approximate surface area is 110 Å². The highest BCUT2D eigenvalue weighted by Crippen LogP contribution is 2.31. The number of H-pyrrole nitrogens is 1. The van der Waals surface area contributed by atoms with Crippen molar-refractivity contribution in [2.45, 2.75) is 0 Å². The Morgan fingerprint density at radius 2 is 1.84 bits per heavy atom.